The van der Waals surface area contributed by atoms with Gasteiger partial charge in [-0.2, -0.15) is 0 Å². The van der Waals surface area contributed by atoms with Crippen LogP contribution < -0.4 is 20.3 Å². The molecule has 0 saturated carbocycles. The maximum Gasteiger partial charge on any atom is 0.319 e. The van der Waals surface area contributed by atoms with Crippen molar-refractivity contribution in [3.8, 4) is 5.88 Å². The van der Waals surface area contributed by atoms with Crippen LogP contribution in [0, 0.1) is 6.92 Å². The van der Waals surface area contributed by atoms with Crippen LogP contribution in [0.2, 0.25) is 0 Å². The molecule has 7 nitrogen and oxygen atoms in total. The summed E-state index contributed by atoms with van der Waals surface area (Å²) < 4.78 is 6.87. The Balaban J connectivity index is 1.52. The maximum atomic E-state index is 12.1. The molecule has 0 aliphatic carbocycles. The quantitative estimate of drug-likeness (QED) is 0.879. The second kappa shape index (κ2) is 6.82. The molecular formula is C17H23N5O2. The molecule has 1 aliphatic heterocycles. The van der Waals surface area contributed by atoms with Crippen molar-refractivity contribution in [2.24, 2.45) is 7.05 Å². The summed E-state index contributed by atoms with van der Waals surface area (Å²) in [5.74, 6) is 0.415. The summed E-state index contributed by atoms with van der Waals surface area (Å²) in [6, 6.07) is 8.16. The van der Waals surface area contributed by atoms with Crippen LogP contribution in [0.5, 0.6) is 5.88 Å². The fourth-order valence-corrected chi connectivity index (χ4v) is 2.97. The fourth-order valence-electron chi connectivity index (χ4n) is 2.97. The SMILES string of the molecule is COc1nn(C)c(C)c1NC(=O)NCCN1CCc2ccccc21. The number of benzene rings is 1. The zero-order valence-electron chi connectivity index (χ0n) is 14.3. The molecular weight excluding hydrogens is 306 g/mol. The number of nitrogens with zero attached hydrogens (tertiary/aromatic N) is 3. The van der Waals surface area contributed by atoms with E-state index in [1.54, 1.807) is 4.68 Å². The molecule has 2 N–H and O–H groups in total. The minimum absolute atomic E-state index is 0.253. The smallest absolute Gasteiger partial charge is 0.319 e. The van der Waals surface area contributed by atoms with E-state index in [0.717, 1.165) is 25.2 Å². The molecule has 2 heterocycles. The number of anilines is 2. The number of ether oxygens (including phenoxy) is 1. The topological polar surface area (TPSA) is 71.4 Å². The lowest BCUT2D eigenvalue weighted by Gasteiger charge is -2.19. The summed E-state index contributed by atoms with van der Waals surface area (Å²) in [7, 11) is 3.35. The van der Waals surface area contributed by atoms with E-state index in [2.05, 4.69) is 44.9 Å². The van der Waals surface area contributed by atoms with Gasteiger partial charge in [-0.25, -0.2) is 4.79 Å². The molecule has 2 amide bonds. The second-order valence-corrected chi connectivity index (χ2v) is 5.84. The van der Waals surface area contributed by atoms with Crippen LogP contribution >= 0.6 is 0 Å². The highest BCUT2D eigenvalue weighted by Gasteiger charge is 2.19. The van der Waals surface area contributed by atoms with Gasteiger partial charge in [-0.3, -0.25) is 4.68 Å². The molecule has 1 aromatic heterocycles. The van der Waals surface area contributed by atoms with Crippen molar-refractivity contribution in [2.45, 2.75) is 13.3 Å². The summed E-state index contributed by atoms with van der Waals surface area (Å²) in [6.07, 6.45) is 1.06. The van der Waals surface area contributed by atoms with Crippen molar-refractivity contribution in [3.05, 3.63) is 35.5 Å². The van der Waals surface area contributed by atoms with Crippen molar-refractivity contribution in [2.75, 3.05) is 37.0 Å². The largest absolute Gasteiger partial charge is 0.478 e. The summed E-state index contributed by atoms with van der Waals surface area (Å²) in [5.41, 5.74) is 4.08. The Morgan fingerprint density at radius 2 is 2.17 bits per heavy atom. The summed E-state index contributed by atoms with van der Waals surface area (Å²) >= 11 is 0. The number of amides is 2. The van der Waals surface area contributed by atoms with E-state index in [1.165, 1.54) is 18.4 Å². The Morgan fingerprint density at radius 3 is 2.96 bits per heavy atom. The normalized spacial score (nSPS) is 12.9. The van der Waals surface area contributed by atoms with E-state index in [4.69, 9.17) is 4.74 Å². The summed E-state index contributed by atoms with van der Waals surface area (Å²) in [6.45, 7) is 4.24. The van der Waals surface area contributed by atoms with E-state index < -0.39 is 0 Å². The molecule has 2 aromatic rings. The number of carbonyl (C=O) groups excluding carboxylic acids is 1. The van der Waals surface area contributed by atoms with Crippen LogP contribution in [0.25, 0.3) is 0 Å². The average molecular weight is 329 g/mol. The van der Waals surface area contributed by atoms with Gasteiger partial charge in [0, 0.05) is 32.4 Å². The number of aryl methyl sites for hydroxylation is 1. The molecule has 0 radical (unpaired) electrons. The molecule has 128 valence electrons. The van der Waals surface area contributed by atoms with Gasteiger partial charge in [0.2, 0.25) is 0 Å². The zero-order chi connectivity index (χ0) is 17.1. The minimum atomic E-state index is -0.253. The van der Waals surface area contributed by atoms with Crippen LogP contribution in [0.4, 0.5) is 16.2 Å². The number of rotatable bonds is 5. The highest BCUT2D eigenvalue weighted by atomic mass is 16.5. The second-order valence-electron chi connectivity index (χ2n) is 5.84. The van der Waals surface area contributed by atoms with Gasteiger partial charge in [-0.1, -0.05) is 18.2 Å². The van der Waals surface area contributed by atoms with Gasteiger partial charge >= 0.3 is 6.03 Å². The van der Waals surface area contributed by atoms with Crippen LogP contribution in [0.15, 0.2) is 24.3 Å². The monoisotopic (exact) mass is 329 g/mol. The molecule has 0 unspecified atom stereocenters. The first kappa shape index (κ1) is 16.2. The van der Waals surface area contributed by atoms with Crippen molar-refractivity contribution >= 4 is 17.4 Å². The Kier molecular flexibility index (Phi) is 4.59. The molecule has 1 aromatic carbocycles. The Bertz CT molecular complexity index is 741. The number of aromatic nitrogens is 2. The van der Waals surface area contributed by atoms with E-state index in [1.807, 2.05) is 14.0 Å². The highest BCUT2D eigenvalue weighted by molar-refractivity contribution is 5.91. The first-order valence-corrected chi connectivity index (χ1v) is 8.05. The van der Waals surface area contributed by atoms with Gasteiger partial charge in [0.25, 0.3) is 5.88 Å². The number of urea groups is 1. The maximum absolute atomic E-state index is 12.1. The third kappa shape index (κ3) is 3.15. The number of para-hydroxylation sites is 1. The third-order valence-corrected chi connectivity index (χ3v) is 4.38. The molecule has 0 fully saturated rings. The van der Waals surface area contributed by atoms with Gasteiger partial charge in [-0.05, 0) is 25.0 Å². The molecule has 24 heavy (non-hydrogen) atoms. The molecule has 0 bridgehead atoms. The number of hydrogen-bond acceptors (Lipinski definition) is 4. The van der Waals surface area contributed by atoms with Crippen molar-refractivity contribution < 1.29 is 9.53 Å². The number of carbonyl (C=O) groups is 1. The Labute approximate surface area is 141 Å². The number of hydrogen-bond donors (Lipinski definition) is 2. The molecule has 0 saturated heterocycles. The van der Waals surface area contributed by atoms with Crippen molar-refractivity contribution in [3.63, 3.8) is 0 Å². The first-order valence-electron chi connectivity index (χ1n) is 8.05. The highest BCUT2D eigenvalue weighted by Crippen LogP contribution is 2.27. The van der Waals surface area contributed by atoms with Crippen molar-refractivity contribution in [1.29, 1.82) is 0 Å². The first-order chi connectivity index (χ1) is 11.6. The van der Waals surface area contributed by atoms with Crippen LogP contribution in [-0.4, -0.2) is 42.6 Å². The van der Waals surface area contributed by atoms with E-state index >= 15 is 0 Å². The standard InChI is InChI=1S/C17H23N5O2/c1-12-15(16(24-3)20-21(12)2)19-17(23)18-9-11-22-10-8-13-6-4-5-7-14(13)22/h4-7H,8-11H2,1-3H3,(H2,18,19,23). The van der Waals surface area contributed by atoms with Crippen molar-refractivity contribution in [1.82, 2.24) is 15.1 Å². The third-order valence-electron chi connectivity index (χ3n) is 4.38. The number of nitrogens with one attached hydrogen (secondary N) is 2. The molecule has 7 heteroatoms. The molecule has 3 rings (SSSR count). The number of fused-ring (bicyclic) bond motifs is 1. The number of methoxy groups -OCH3 is 1. The lowest BCUT2D eigenvalue weighted by atomic mass is 10.2. The summed E-state index contributed by atoms with van der Waals surface area (Å²) in [4.78, 5) is 14.4. The van der Waals surface area contributed by atoms with Gasteiger partial charge in [0.05, 0.1) is 12.8 Å². The van der Waals surface area contributed by atoms with Crippen LogP contribution in [0.1, 0.15) is 11.3 Å². The zero-order valence-corrected chi connectivity index (χ0v) is 14.3. The van der Waals surface area contributed by atoms with Gasteiger partial charge < -0.3 is 20.3 Å². The van der Waals surface area contributed by atoms with E-state index in [0.29, 0.717) is 18.1 Å². The molecule has 1 aliphatic rings. The lowest BCUT2D eigenvalue weighted by Crippen LogP contribution is -2.36. The summed E-state index contributed by atoms with van der Waals surface area (Å²) in [5, 5.41) is 9.90. The van der Waals surface area contributed by atoms with Crippen LogP contribution in [0.3, 0.4) is 0 Å². The lowest BCUT2D eigenvalue weighted by molar-refractivity contribution is 0.252. The van der Waals surface area contributed by atoms with E-state index in [-0.39, 0.29) is 6.03 Å². The predicted molar refractivity (Wildman–Crippen MR) is 93.9 cm³/mol. The molecule has 0 atom stereocenters. The van der Waals surface area contributed by atoms with Gasteiger partial charge in [-0.15, -0.1) is 5.10 Å². The van der Waals surface area contributed by atoms with E-state index in [9.17, 15) is 4.79 Å². The predicted octanol–water partition coefficient (Wildman–Crippen LogP) is 1.92. The Morgan fingerprint density at radius 1 is 1.38 bits per heavy atom. The minimum Gasteiger partial charge on any atom is -0.478 e. The fraction of sp³-hybridized carbons (Fsp3) is 0.412. The Hall–Kier alpha value is -2.70. The average Bonchev–Trinajstić information content (AvgIpc) is 3.11. The van der Waals surface area contributed by atoms with Gasteiger partial charge in [0.15, 0.2) is 0 Å². The van der Waals surface area contributed by atoms with Gasteiger partial charge in [0.1, 0.15) is 5.69 Å². The molecule has 0 spiro atoms. The van der Waals surface area contributed by atoms with Crippen LogP contribution in [-0.2, 0) is 13.5 Å².